The van der Waals surface area contributed by atoms with Gasteiger partial charge in [0.1, 0.15) is 5.82 Å². The molecule has 1 N–H and O–H groups in total. The molecular formula is C9H12FN3. The molecule has 0 radical (unpaired) electrons. The second kappa shape index (κ2) is 3.70. The molecule has 0 atom stereocenters. The van der Waals surface area contributed by atoms with Crippen LogP contribution in [-0.2, 0) is 0 Å². The average Bonchev–Trinajstić information content (AvgIpc) is 2.57. The van der Waals surface area contributed by atoms with Crippen molar-refractivity contribution in [3.63, 3.8) is 0 Å². The van der Waals surface area contributed by atoms with E-state index in [1.165, 1.54) is 25.1 Å². The van der Waals surface area contributed by atoms with Crippen molar-refractivity contribution in [3.8, 4) is 0 Å². The average molecular weight is 181 g/mol. The third-order valence-corrected chi connectivity index (χ3v) is 2.10. The van der Waals surface area contributed by atoms with E-state index in [0.717, 1.165) is 18.8 Å². The van der Waals surface area contributed by atoms with Gasteiger partial charge in [-0.25, -0.2) is 9.40 Å². The number of hydrogen-bond acceptors (Lipinski definition) is 3. The molecule has 3 nitrogen and oxygen atoms in total. The van der Waals surface area contributed by atoms with Gasteiger partial charge in [0.05, 0.1) is 18.1 Å². The molecule has 0 aliphatic carbocycles. The van der Waals surface area contributed by atoms with Crippen LogP contribution in [0.1, 0.15) is 12.8 Å². The van der Waals surface area contributed by atoms with Gasteiger partial charge in [0, 0.05) is 19.2 Å². The van der Waals surface area contributed by atoms with E-state index in [1.54, 1.807) is 6.20 Å². The zero-order chi connectivity index (χ0) is 9.10. The Hall–Kier alpha value is -1.16. The van der Waals surface area contributed by atoms with Crippen molar-refractivity contribution in [3.05, 3.63) is 24.3 Å². The monoisotopic (exact) mass is 181 g/mol. The van der Waals surface area contributed by atoms with Crippen LogP contribution < -0.4 is 5.43 Å². The van der Waals surface area contributed by atoms with Gasteiger partial charge in [0.15, 0.2) is 0 Å². The Kier molecular flexibility index (Phi) is 2.40. The van der Waals surface area contributed by atoms with Gasteiger partial charge in [-0.1, -0.05) is 0 Å². The Morgan fingerprint density at radius 1 is 1.31 bits per heavy atom. The number of nitrogens with one attached hydrogen (secondary N) is 1. The molecule has 2 rings (SSSR count). The summed E-state index contributed by atoms with van der Waals surface area (Å²) in [7, 11) is 0. The third kappa shape index (κ3) is 2.15. The maximum atomic E-state index is 12.7. The largest absolute Gasteiger partial charge is 0.317 e. The van der Waals surface area contributed by atoms with Crippen LogP contribution >= 0.6 is 0 Å². The van der Waals surface area contributed by atoms with Crippen LogP contribution in [0.15, 0.2) is 18.5 Å². The summed E-state index contributed by atoms with van der Waals surface area (Å²) in [6.07, 6.45) is 5.24. The Bertz CT molecular complexity index is 284. The summed E-state index contributed by atoms with van der Waals surface area (Å²) in [6.45, 7) is 2.05. The zero-order valence-electron chi connectivity index (χ0n) is 7.33. The van der Waals surface area contributed by atoms with Crippen LogP contribution in [0, 0.1) is 5.82 Å². The fourth-order valence-electron chi connectivity index (χ4n) is 1.48. The predicted octanol–water partition coefficient (Wildman–Crippen LogP) is 1.64. The molecular weight excluding hydrogens is 169 g/mol. The second-order valence-electron chi connectivity index (χ2n) is 3.20. The summed E-state index contributed by atoms with van der Waals surface area (Å²) in [5, 5.41) is 2.08. The lowest BCUT2D eigenvalue weighted by molar-refractivity contribution is 0.409. The van der Waals surface area contributed by atoms with Crippen molar-refractivity contribution < 1.29 is 4.39 Å². The normalized spacial score (nSPS) is 17.6. The fraction of sp³-hybridized carbons (Fsp3) is 0.444. The maximum Gasteiger partial charge on any atom is 0.143 e. The standard InChI is InChI=1S/C9H12FN3/c10-8-5-9(7-11-6-8)12-13-3-1-2-4-13/h5-7,12H,1-4H2. The van der Waals surface area contributed by atoms with Crippen molar-refractivity contribution in [2.75, 3.05) is 18.5 Å². The van der Waals surface area contributed by atoms with Gasteiger partial charge >= 0.3 is 0 Å². The molecule has 1 aliphatic rings. The van der Waals surface area contributed by atoms with Crippen LogP contribution in [0.2, 0.25) is 0 Å². The minimum atomic E-state index is -0.302. The van der Waals surface area contributed by atoms with Crippen LogP contribution in [0.3, 0.4) is 0 Å². The summed E-state index contributed by atoms with van der Waals surface area (Å²) in [6, 6.07) is 1.45. The highest BCUT2D eigenvalue weighted by molar-refractivity contribution is 5.39. The van der Waals surface area contributed by atoms with E-state index in [9.17, 15) is 4.39 Å². The van der Waals surface area contributed by atoms with E-state index in [4.69, 9.17) is 0 Å². The number of nitrogens with zero attached hydrogens (tertiary/aromatic N) is 2. The summed E-state index contributed by atoms with van der Waals surface area (Å²) < 4.78 is 12.7. The highest BCUT2D eigenvalue weighted by Crippen LogP contribution is 2.12. The Morgan fingerprint density at radius 2 is 2.08 bits per heavy atom. The van der Waals surface area contributed by atoms with Crippen molar-refractivity contribution >= 4 is 5.69 Å². The highest BCUT2D eigenvalue weighted by atomic mass is 19.1. The molecule has 2 heterocycles. The number of hydrazine groups is 1. The SMILES string of the molecule is Fc1cncc(NN2CCCC2)c1. The number of hydrogen-bond donors (Lipinski definition) is 1. The highest BCUT2D eigenvalue weighted by Gasteiger charge is 2.10. The second-order valence-corrected chi connectivity index (χ2v) is 3.20. The van der Waals surface area contributed by atoms with Gasteiger partial charge < -0.3 is 5.43 Å². The van der Waals surface area contributed by atoms with Gasteiger partial charge in [0.25, 0.3) is 0 Å². The minimum absolute atomic E-state index is 0.302. The van der Waals surface area contributed by atoms with Crippen LogP contribution in [0.25, 0.3) is 0 Å². The number of aromatic nitrogens is 1. The lowest BCUT2D eigenvalue weighted by Crippen LogP contribution is -2.26. The van der Waals surface area contributed by atoms with Gasteiger partial charge in [-0.2, -0.15) is 0 Å². The lowest BCUT2D eigenvalue weighted by Gasteiger charge is -2.16. The summed E-state index contributed by atoms with van der Waals surface area (Å²) >= 11 is 0. The Balaban J connectivity index is 2.00. The van der Waals surface area contributed by atoms with Crippen LogP contribution in [0.4, 0.5) is 10.1 Å². The summed E-state index contributed by atoms with van der Waals surface area (Å²) in [5.41, 5.74) is 3.84. The molecule has 0 amide bonds. The van der Waals surface area contributed by atoms with E-state index < -0.39 is 0 Å². The van der Waals surface area contributed by atoms with Crippen LogP contribution in [0.5, 0.6) is 0 Å². The molecule has 1 saturated heterocycles. The predicted molar refractivity (Wildman–Crippen MR) is 48.6 cm³/mol. The quantitative estimate of drug-likeness (QED) is 0.751. The van der Waals surface area contributed by atoms with E-state index in [-0.39, 0.29) is 5.82 Å². The molecule has 0 spiro atoms. The van der Waals surface area contributed by atoms with E-state index in [2.05, 4.69) is 15.4 Å². The molecule has 0 unspecified atom stereocenters. The molecule has 1 fully saturated rings. The summed E-state index contributed by atoms with van der Waals surface area (Å²) in [4.78, 5) is 3.76. The smallest absolute Gasteiger partial charge is 0.143 e. The molecule has 1 aliphatic heterocycles. The van der Waals surface area contributed by atoms with Crippen molar-refractivity contribution in [2.24, 2.45) is 0 Å². The topological polar surface area (TPSA) is 28.2 Å². The molecule has 4 heteroatoms. The third-order valence-electron chi connectivity index (χ3n) is 2.10. The van der Waals surface area contributed by atoms with Gasteiger partial charge in [0.2, 0.25) is 0 Å². The molecule has 0 saturated carbocycles. The van der Waals surface area contributed by atoms with Crippen molar-refractivity contribution in [1.82, 2.24) is 9.99 Å². The minimum Gasteiger partial charge on any atom is -0.317 e. The summed E-state index contributed by atoms with van der Waals surface area (Å²) in [5.74, 6) is -0.302. The molecule has 1 aromatic rings. The van der Waals surface area contributed by atoms with Gasteiger partial charge in [-0.15, -0.1) is 0 Å². The number of halogens is 1. The van der Waals surface area contributed by atoms with E-state index >= 15 is 0 Å². The number of rotatable bonds is 2. The molecule has 0 aromatic carbocycles. The zero-order valence-corrected chi connectivity index (χ0v) is 7.33. The van der Waals surface area contributed by atoms with E-state index in [1.807, 2.05) is 0 Å². The molecule has 13 heavy (non-hydrogen) atoms. The fourth-order valence-corrected chi connectivity index (χ4v) is 1.48. The molecule has 1 aromatic heterocycles. The van der Waals surface area contributed by atoms with Gasteiger partial charge in [-0.3, -0.25) is 4.98 Å². The van der Waals surface area contributed by atoms with Gasteiger partial charge in [-0.05, 0) is 12.8 Å². The Morgan fingerprint density at radius 3 is 2.77 bits per heavy atom. The van der Waals surface area contributed by atoms with Crippen LogP contribution in [-0.4, -0.2) is 23.1 Å². The maximum absolute atomic E-state index is 12.7. The first-order valence-electron chi connectivity index (χ1n) is 4.47. The van der Waals surface area contributed by atoms with Crippen molar-refractivity contribution in [2.45, 2.75) is 12.8 Å². The number of anilines is 1. The molecule has 0 bridgehead atoms. The van der Waals surface area contributed by atoms with Crippen molar-refractivity contribution in [1.29, 1.82) is 0 Å². The Labute approximate surface area is 76.6 Å². The number of pyridine rings is 1. The van der Waals surface area contributed by atoms with E-state index in [0.29, 0.717) is 0 Å². The first kappa shape index (κ1) is 8.44. The molecule has 70 valence electrons. The first-order valence-corrected chi connectivity index (χ1v) is 4.47. The first-order chi connectivity index (χ1) is 6.34. The lowest BCUT2D eigenvalue weighted by atomic mass is 10.4.